The molecule has 3 atom stereocenters. The molecule has 1 aliphatic heterocycles. The van der Waals surface area contributed by atoms with Crippen LogP contribution in [0.4, 0.5) is 4.39 Å². The molecule has 0 amide bonds. The Labute approximate surface area is 152 Å². The van der Waals surface area contributed by atoms with Crippen molar-refractivity contribution in [1.82, 2.24) is 4.90 Å². The van der Waals surface area contributed by atoms with Gasteiger partial charge in [0.2, 0.25) is 0 Å². The number of carbonyl (C=O) groups excluding carboxylic acids is 1. The maximum absolute atomic E-state index is 14.4. The quantitative estimate of drug-likeness (QED) is 0.519. The molecule has 0 aromatic heterocycles. The number of carbonyl (C=O) groups is 1. The summed E-state index contributed by atoms with van der Waals surface area (Å²) in [5.41, 5.74) is 0.359. The van der Waals surface area contributed by atoms with Crippen molar-refractivity contribution in [3.05, 3.63) is 35.9 Å². The maximum Gasteiger partial charge on any atom is 0.338 e. The molecule has 7 nitrogen and oxygen atoms in total. The predicted molar refractivity (Wildman–Crippen MR) is 91.5 cm³/mol. The van der Waals surface area contributed by atoms with Crippen LogP contribution in [-0.4, -0.2) is 63.6 Å². The molecule has 26 heavy (non-hydrogen) atoms. The Bertz CT molecular complexity index is 750. The Hall–Kier alpha value is -2.02. The maximum atomic E-state index is 14.4. The number of nitrogens with zero attached hydrogens (tertiary/aromatic N) is 2. The molecule has 0 spiro atoms. The topological polar surface area (TPSA) is 96.7 Å². The van der Waals surface area contributed by atoms with E-state index >= 15 is 0 Å². The molecule has 1 fully saturated rings. The smallest absolute Gasteiger partial charge is 0.338 e. The summed E-state index contributed by atoms with van der Waals surface area (Å²) >= 11 is 0. The summed E-state index contributed by atoms with van der Waals surface area (Å²) in [6, 6.07) is 10.2. The second-order valence-electron chi connectivity index (χ2n) is 6.16. The van der Waals surface area contributed by atoms with Gasteiger partial charge in [0.05, 0.1) is 24.3 Å². The van der Waals surface area contributed by atoms with E-state index in [0.29, 0.717) is 12.1 Å². The normalized spacial score (nSPS) is 22.3. The Kier molecular flexibility index (Phi) is 7.08. The van der Waals surface area contributed by atoms with Gasteiger partial charge in [-0.05, 0) is 12.1 Å². The fourth-order valence-corrected chi connectivity index (χ4v) is 3.41. The number of likely N-dealkylation sites (tertiary alicyclic amines) is 1. The van der Waals surface area contributed by atoms with Gasteiger partial charge in [0.1, 0.15) is 18.4 Å². The van der Waals surface area contributed by atoms with E-state index in [2.05, 4.69) is 0 Å². The molecular formula is C17H21FN2O5S. The van der Waals surface area contributed by atoms with E-state index in [1.807, 2.05) is 6.07 Å². The highest BCUT2D eigenvalue weighted by molar-refractivity contribution is 7.86. The average molecular weight is 384 g/mol. The van der Waals surface area contributed by atoms with Crippen LogP contribution in [0, 0.1) is 11.3 Å². The third kappa shape index (κ3) is 6.37. The lowest BCUT2D eigenvalue weighted by atomic mass is 10.0. The molecule has 3 unspecified atom stereocenters. The summed E-state index contributed by atoms with van der Waals surface area (Å²) in [6.07, 6.45) is -2.05. The first-order chi connectivity index (χ1) is 12.3. The van der Waals surface area contributed by atoms with Crippen molar-refractivity contribution in [3.8, 4) is 6.07 Å². The monoisotopic (exact) mass is 384 g/mol. The van der Waals surface area contributed by atoms with E-state index in [9.17, 15) is 17.6 Å². The van der Waals surface area contributed by atoms with Crippen molar-refractivity contribution < 1.29 is 26.5 Å². The van der Waals surface area contributed by atoms with Crippen LogP contribution in [0.3, 0.4) is 0 Å². The van der Waals surface area contributed by atoms with E-state index in [0.717, 1.165) is 6.26 Å². The number of halogens is 1. The van der Waals surface area contributed by atoms with Crippen molar-refractivity contribution in [3.63, 3.8) is 0 Å². The Balaban J connectivity index is 1.89. The van der Waals surface area contributed by atoms with Gasteiger partial charge < -0.3 is 4.74 Å². The average Bonchev–Trinajstić information content (AvgIpc) is 2.57. The number of hydrogen-bond donors (Lipinski definition) is 0. The molecule has 1 aliphatic rings. The van der Waals surface area contributed by atoms with Crippen LogP contribution in [0.5, 0.6) is 0 Å². The molecule has 1 heterocycles. The minimum atomic E-state index is -3.71. The van der Waals surface area contributed by atoms with Crippen molar-refractivity contribution in [1.29, 1.82) is 5.26 Å². The Morgan fingerprint density at radius 3 is 2.69 bits per heavy atom. The summed E-state index contributed by atoms with van der Waals surface area (Å²) in [6.45, 7) is 0.490. The standard InChI is InChI=1S/C17H21FN2O5S/c1-26(22,23)25-14(7-9-19)11-20-10-8-16(15(18)12-20)24-17(21)13-5-3-2-4-6-13/h2-6,14-16H,7-8,10-12H2,1H3. The lowest BCUT2D eigenvalue weighted by Gasteiger charge is -2.35. The van der Waals surface area contributed by atoms with Gasteiger partial charge in [-0.25, -0.2) is 9.18 Å². The van der Waals surface area contributed by atoms with Crippen LogP contribution in [0.15, 0.2) is 30.3 Å². The van der Waals surface area contributed by atoms with Gasteiger partial charge in [-0.15, -0.1) is 0 Å². The Morgan fingerprint density at radius 1 is 1.42 bits per heavy atom. The molecule has 1 aromatic rings. The van der Waals surface area contributed by atoms with Crippen LogP contribution in [0.2, 0.25) is 0 Å². The molecule has 0 N–H and O–H groups in total. The molecule has 0 bridgehead atoms. The zero-order chi connectivity index (χ0) is 19.2. The van der Waals surface area contributed by atoms with E-state index < -0.39 is 34.5 Å². The zero-order valence-corrected chi connectivity index (χ0v) is 15.2. The minimum Gasteiger partial charge on any atom is -0.456 e. The van der Waals surface area contributed by atoms with Gasteiger partial charge in [-0.2, -0.15) is 13.7 Å². The summed E-state index contributed by atoms with van der Waals surface area (Å²) < 4.78 is 47.0. The second-order valence-corrected chi connectivity index (χ2v) is 7.76. The van der Waals surface area contributed by atoms with Gasteiger partial charge in [0, 0.05) is 26.1 Å². The summed E-state index contributed by atoms with van der Waals surface area (Å²) in [5, 5.41) is 8.79. The van der Waals surface area contributed by atoms with Crippen LogP contribution in [0.1, 0.15) is 23.2 Å². The third-order valence-corrected chi connectivity index (χ3v) is 4.55. The predicted octanol–water partition coefficient (Wildman–Crippen LogP) is 1.51. The lowest BCUT2D eigenvalue weighted by Crippen LogP contribution is -2.49. The highest BCUT2D eigenvalue weighted by Gasteiger charge is 2.33. The number of nitriles is 1. The molecule has 9 heteroatoms. The number of hydrogen-bond acceptors (Lipinski definition) is 7. The molecule has 142 valence electrons. The molecule has 0 radical (unpaired) electrons. The highest BCUT2D eigenvalue weighted by atomic mass is 32.2. The number of rotatable bonds is 7. The number of benzene rings is 1. The minimum absolute atomic E-state index is 0.0260. The van der Waals surface area contributed by atoms with E-state index in [1.165, 1.54) is 0 Å². The number of esters is 1. The van der Waals surface area contributed by atoms with Gasteiger partial charge in [-0.3, -0.25) is 9.08 Å². The molecular weight excluding hydrogens is 363 g/mol. The summed E-state index contributed by atoms with van der Waals surface area (Å²) in [5.74, 6) is -0.575. The molecule has 1 saturated heterocycles. The SMILES string of the molecule is CS(=O)(=O)OC(CC#N)CN1CCC(OC(=O)c2ccccc2)C(F)C1. The Morgan fingerprint density at radius 2 is 2.12 bits per heavy atom. The first-order valence-corrected chi connectivity index (χ1v) is 9.98. The molecule has 0 saturated carbocycles. The largest absolute Gasteiger partial charge is 0.456 e. The fourth-order valence-electron chi connectivity index (χ4n) is 2.79. The summed E-state index contributed by atoms with van der Waals surface area (Å²) in [4.78, 5) is 13.7. The van der Waals surface area contributed by atoms with Crippen molar-refractivity contribution >= 4 is 16.1 Å². The van der Waals surface area contributed by atoms with Gasteiger partial charge >= 0.3 is 5.97 Å². The third-order valence-electron chi connectivity index (χ3n) is 3.93. The molecule has 1 aromatic carbocycles. The van der Waals surface area contributed by atoms with E-state index in [-0.39, 0.29) is 25.9 Å². The van der Waals surface area contributed by atoms with Crippen LogP contribution in [0.25, 0.3) is 0 Å². The van der Waals surface area contributed by atoms with Gasteiger partial charge in [-0.1, -0.05) is 18.2 Å². The number of alkyl halides is 1. The molecule has 0 aliphatic carbocycles. The first kappa shape index (κ1) is 20.3. The van der Waals surface area contributed by atoms with Gasteiger partial charge in [0.15, 0.2) is 0 Å². The fraction of sp³-hybridized carbons (Fsp3) is 0.529. The second kappa shape index (κ2) is 9.07. The summed E-state index contributed by atoms with van der Waals surface area (Å²) in [7, 11) is -3.71. The van der Waals surface area contributed by atoms with E-state index in [1.54, 1.807) is 35.2 Å². The number of piperidine rings is 1. The van der Waals surface area contributed by atoms with Crippen molar-refractivity contribution in [2.75, 3.05) is 25.9 Å². The van der Waals surface area contributed by atoms with E-state index in [4.69, 9.17) is 14.2 Å². The first-order valence-electron chi connectivity index (χ1n) is 8.16. The lowest BCUT2D eigenvalue weighted by molar-refractivity contribution is -0.0305. The molecule has 2 rings (SSSR count). The van der Waals surface area contributed by atoms with Crippen LogP contribution < -0.4 is 0 Å². The van der Waals surface area contributed by atoms with Crippen LogP contribution in [-0.2, 0) is 19.0 Å². The number of ether oxygens (including phenoxy) is 1. The van der Waals surface area contributed by atoms with Crippen LogP contribution >= 0.6 is 0 Å². The zero-order valence-electron chi connectivity index (χ0n) is 14.4. The van der Waals surface area contributed by atoms with Crippen molar-refractivity contribution in [2.45, 2.75) is 31.2 Å². The highest BCUT2D eigenvalue weighted by Crippen LogP contribution is 2.20. The van der Waals surface area contributed by atoms with Gasteiger partial charge in [0.25, 0.3) is 10.1 Å². The van der Waals surface area contributed by atoms with Crippen molar-refractivity contribution in [2.24, 2.45) is 0 Å².